The van der Waals surface area contributed by atoms with Gasteiger partial charge in [0.25, 0.3) is 0 Å². The molecule has 1 aliphatic rings. The van der Waals surface area contributed by atoms with Crippen molar-refractivity contribution in [2.45, 2.75) is 25.3 Å². The van der Waals surface area contributed by atoms with Crippen LogP contribution in [0.5, 0.6) is 5.75 Å². The van der Waals surface area contributed by atoms with E-state index in [1.807, 2.05) is 10.3 Å². The Bertz CT molecular complexity index is 978. The van der Waals surface area contributed by atoms with Crippen molar-refractivity contribution in [3.05, 3.63) is 39.2 Å². The molecule has 2 amide bonds. The highest BCUT2D eigenvalue weighted by atomic mass is 32.1. The number of thiazole rings is 1. The molecule has 1 fully saturated rings. The minimum Gasteiger partial charge on any atom is -0.494 e. The largest absolute Gasteiger partial charge is 0.494 e. The van der Waals surface area contributed by atoms with Crippen molar-refractivity contribution in [3.63, 3.8) is 0 Å². The second kappa shape index (κ2) is 6.83. The lowest BCUT2D eigenvalue weighted by atomic mass is 10.0. The third-order valence-electron chi connectivity index (χ3n) is 4.58. The number of aromatic nitrogens is 3. The smallest absolute Gasteiger partial charge is 0.323 e. The predicted molar refractivity (Wildman–Crippen MR) is 99.9 cm³/mol. The van der Waals surface area contributed by atoms with Crippen molar-refractivity contribution in [1.82, 2.24) is 19.9 Å². The second-order valence-electron chi connectivity index (χ2n) is 6.18. The van der Waals surface area contributed by atoms with Crippen LogP contribution in [0.2, 0.25) is 0 Å². The van der Waals surface area contributed by atoms with Crippen molar-refractivity contribution >= 4 is 34.1 Å². The zero-order valence-electron chi connectivity index (χ0n) is 14.2. The Balaban J connectivity index is 1.62. The summed E-state index contributed by atoms with van der Waals surface area (Å²) in [4.78, 5) is 36.0. The lowest BCUT2D eigenvalue weighted by molar-refractivity contribution is 0.163. The lowest BCUT2D eigenvalue weighted by Crippen LogP contribution is -2.41. The Kier molecular flexibility index (Phi) is 4.37. The molecule has 2 aromatic heterocycles. The van der Waals surface area contributed by atoms with Crippen LogP contribution in [-0.2, 0) is 0 Å². The maximum Gasteiger partial charge on any atom is 0.323 e. The Morgan fingerprint density at radius 2 is 2.15 bits per heavy atom. The van der Waals surface area contributed by atoms with Crippen molar-refractivity contribution in [3.8, 4) is 5.75 Å². The number of ether oxygens (including phenoxy) is 1. The van der Waals surface area contributed by atoms with E-state index >= 15 is 0 Å². The number of rotatable bonds is 3. The van der Waals surface area contributed by atoms with Crippen LogP contribution < -0.4 is 15.7 Å². The summed E-state index contributed by atoms with van der Waals surface area (Å²) in [5.41, 5.74) is 1.46. The number of methoxy groups -OCH3 is 1. The third kappa shape index (κ3) is 3.05. The Hall–Kier alpha value is -2.81. The summed E-state index contributed by atoms with van der Waals surface area (Å²) < 4.78 is 5.37. The summed E-state index contributed by atoms with van der Waals surface area (Å²) in [5.74, 6) is 0.490. The summed E-state index contributed by atoms with van der Waals surface area (Å²) >= 11 is 1.57. The van der Waals surface area contributed by atoms with E-state index in [4.69, 9.17) is 4.74 Å². The van der Waals surface area contributed by atoms with Gasteiger partial charge in [0, 0.05) is 24.2 Å². The van der Waals surface area contributed by atoms with E-state index in [1.54, 1.807) is 29.7 Å². The number of imidazole rings is 1. The Morgan fingerprint density at radius 3 is 2.88 bits per heavy atom. The molecule has 136 valence electrons. The molecule has 0 unspecified atom stereocenters. The fourth-order valence-electron chi connectivity index (χ4n) is 3.35. The summed E-state index contributed by atoms with van der Waals surface area (Å²) in [7, 11) is 1.53. The minimum atomic E-state index is -0.301. The predicted octanol–water partition coefficient (Wildman–Crippen LogP) is 3.08. The number of urea groups is 1. The Labute approximate surface area is 153 Å². The third-order valence-corrected chi connectivity index (χ3v) is 5.45. The molecule has 3 N–H and O–H groups in total. The number of benzene rings is 1. The van der Waals surface area contributed by atoms with Gasteiger partial charge in [-0.3, -0.25) is 0 Å². The van der Waals surface area contributed by atoms with Gasteiger partial charge in [-0.05, 0) is 25.3 Å². The molecular weight excluding hydrogens is 354 g/mol. The molecule has 3 heterocycles. The maximum absolute atomic E-state index is 12.9. The van der Waals surface area contributed by atoms with Gasteiger partial charge in [-0.25, -0.2) is 14.6 Å². The molecule has 0 saturated carbocycles. The van der Waals surface area contributed by atoms with Crippen LogP contribution >= 0.6 is 11.3 Å². The zero-order chi connectivity index (χ0) is 18.1. The molecular formula is C17H19N5O3S. The van der Waals surface area contributed by atoms with E-state index in [1.165, 1.54) is 7.11 Å². The highest BCUT2D eigenvalue weighted by Crippen LogP contribution is 2.34. The van der Waals surface area contributed by atoms with Crippen LogP contribution in [0, 0.1) is 0 Å². The molecule has 0 spiro atoms. The lowest BCUT2D eigenvalue weighted by Gasteiger charge is -2.34. The highest BCUT2D eigenvalue weighted by molar-refractivity contribution is 7.09. The number of hydrogen-bond donors (Lipinski definition) is 3. The first kappa shape index (κ1) is 16.6. The average molecular weight is 373 g/mol. The molecule has 3 aromatic rings. The molecule has 1 saturated heterocycles. The summed E-state index contributed by atoms with van der Waals surface area (Å²) in [5, 5.41) is 5.81. The van der Waals surface area contributed by atoms with E-state index < -0.39 is 0 Å². The molecule has 8 nitrogen and oxygen atoms in total. The van der Waals surface area contributed by atoms with Crippen molar-refractivity contribution in [2.24, 2.45) is 0 Å². The van der Waals surface area contributed by atoms with E-state index in [9.17, 15) is 9.59 Å². The summed E-state index contributed by atoms with van der Waals surface area (Å²) in [6, 6.07) is 3.19. The number of anilines is 1. The number of hydrogen-bond acceptors (Lipinski definition) is 5. The number of amides is 2. The number of piperidine rings is 1. The highest BCUT2D eigenvalue weighted by Gasteiger charge is 2.30. The number of carbonyl (C=O) groups excluding carboxylic acids is 1. The maximum atomic E-state index is 12.9. The van der Waals surface area contributed by atoms with Gasteiger partial charge in [0.05, 0.1) is 29.9 Å². The molecule has 26 heavy (non-hydrogen) atoms. The van der Waals surface area contributed by atoms with Gasteiger partial charge in [0.2, 0.25) is 0 Å². The molecule has 0 bridgehead atoms. The van der Waals surface area contributed by atoms with Crippen LogP contribution in [-0.4, -0.2) is 39.5 Å². The SMILES string of the molecule is COc1cc2[nH]c(=O)[nH]c2cc1NC(=O)N1CCCC[C@H]1c1nccs1. The molecule has 1 atom stereocenters. The number of H-pyrrole nitrogens is 2. The second-order valence-corrected chi connectivity index (χ2v) is 7.11. The first-order chi connectivity index (χ1) is 12.7. The molecule has 1 aromatic carbocycles. The molecule has 0 aliphatic carbocycles. The molecule has 0 radical (unpaired) electrons. The van der Waals surface area contributed by atoms with Crippen LogP contribution in [0.1, 0.15) is 30.3 Å². The number of likely N-dealkylation sites (tertiary alicyclic amines) is 1. The van der Waals surface area contributed by atoms with Gasteiger partial charge in [-0.1, -0.05) is 0 Å². The van der Waals surface area contributed by atoms with Crippen LogP contribution in [0.3, 0.4) is 0 Å². The van der Waals surface area contributed by atoms with Gasteiger partial charge in [-0.2, -0.15) is 0 Å². The van der Waals surface area contributed by atoms with Gasteiger partial charge in [0.15, 0.2) is 0 Å². The van der Waals surface area contributed by atoms with Crippen molar-refractivity contribution in [2.75, 3.05) is 19.0 Å². The van der Waals surface area contributed by atoms with Gasteiger partial charge in [-0.15, -0.1) is 11.3 Å². The van der Waals surface area contributed by atoms with Crippen LogP contribution in [0.4, 0.5) is 10.5 Å². The van der Waals surface area contributed by atoms with E-state index in [0.717, 1.165) is 24.3 Å². The van der Waals surface area contributed by atoms with Crippen LogP contribution in [0.15, 0.2) is 28.5 Å². The first-order valence-electron chi connectivity index (χ1n) is 8.43. The normalized spacial score (nSPS) is 17.4. The topological polar surface area (TPSA) is 103 Å². The van der Waals surface area contributed by atoms with Gasteiger partial charge < -0.3 is 24.9 Å². The monoisotopic (exact) mass is 373 g/mol. The van der Waals surface area contributed by atoms with Gasteiger partial charge in [0.1, 0.15) is 10.8 Å². The fourth-order valence-corrected chi connectivity index (χ4v) is 4.13. The molecule has 9 heteroatoms. The number of nitrogens with one attached hydrogen (secondary N) is 3. The van der Waals surface area contributed by atoms with Crippen molar-refractivity contribution in [1.29, 1.82) is 0 Å². The van der Waals surface area contributed by atoms with Crippen LogP contribution in [0.25, 0.3) is 11.0 Å². The van der Waals surface area contributed by atoms with Crippen molar-refractivity contribution < 1.29 is 9.53 Å². The molecule has 4 rings (SSSR count). The van der Waals surface area contributed by atoms with E-state index in [0.29, 0.717) is 29.0 Å². The quantitative estimate of drug-likeness (QED) is 0.656. The number of fused-ring (bicyclic) bond motifs is 1. The Morgan fingerprint density at radius 1 is 1.35 bits per heavy atom. The van der Waals surface area contributed by atoms with E-state index in [-0.39, 0.29) is 17.8 Å². The fraction of sp³-hybridized carbons (Fsp3) is 0.353. The minimum absolute atomic E-state index is 0.00876. The standard InChI is InChI=1S/C17H19N5O3S/c1-25-14-9-11-10(19-16(23)20-11)8-12(14)21-17(24)22-6-3-2-4-13(22)15-18-5-7-26-15/h5,7-9,13H,2-4,6H2,1H3,(H,21,24)(H2,19,20,23)/t13-/m0/s1. The zero-order valence-corrected chi connectivity index (χ0v) is 15.1. The van der Waals surface area contributed by atoms with Gasteiger partial charge >= 0.3 is 11.7 Å². The summed E-state index contributed by atoms with van der Waals surface area (Å²) in [6.07, 6.45) is 4.72. The number of aromatic amines is 2. The average Bonchev–Trinajstić information content (AvgIpc) is 3.29. The number of nitrogens with zero attached hydrogens (tertiary/aromatic N) is 2. The first-order valence-corrected chi connectivity index (χ1v) is 9.30. The summed E-state index contributed by atoms with van der Waals surface area (Å²) in [6.45, 7) is 0.682. The van der Waals surface area contributed by atoms with E-state index in [2.05, 4.69) is 20.3 Å². The number of carbonyl (C=O) groups is 1. The molecule has 1 aliphatic heterocycles.